The van der Waals surface area contributed by atoms with Crippen LogP contribution in [0.5, 0.6) is 5.75 Å². The number of nitrogens with one attached hydrogen (secondary N) is 1. The third-order valence-corrected chi connectivity index (χ3v) is 4.50. The maximum Gasteiger partial charge on any atom is 0.232 e. The van der Waals surface area contributed by atoms with E-state index in [0.29, 0.717) is 0 Å². The van der Waals surface area contributed by atoms with Gasteiger partial charge in [-0.25, -0.2) is 0 Å². The minimum Gasteiger partial charge on any atom is -0.497 e. The van der Waals surface area contributed by atoms with Gasteiger partial charge in [-0.3, -0.25) is 4.79 Å². The van der Waals surface area contributed by atoms with Crippen molar-refractivity contribution in [3.63, 3.8) is 0 Å². The third kappa shape index (κ3) is 4.12. The molecule has 0 aliphatic carbocycles. The Morgan fingerprint density at radius 1 is 0.769 bits per heavy atom. The molecule has 0 spiro atoms. The molecule has 0 aliphatic rings. The Balaban J connectivity index is 1.83. The summed E-state index contributed by atoms with van der Waals surface area (Å²) in [5.74, 6) is 0.461. The van der Waals surface area contributed by atoms with Crippen LogP contribution in [0.2, 0.25) is 0 Å². The van der Waals surface area contributed by atoms with Gasteiger partial charge >= 0.3 is 0 Å². The van der Waals surface area contributed by atoms with Crippen LogP contribution in [-0.2, 0) is 4.79 Å². The van der Waals surface area contributed by atoms with Crippen molar-refractivity contribution >= 4 is 5.91 Å². The van der Waals surface area contributed by atoms with Crippen LogP contribution in [0.3, 0.4) is 0 Å². The van der Waals surface area contributed by atoms with Crippen molar-refractivity contribution < 1.29 is 9.53 Å². The number of hydrogen-bond acceptors (Lipinski definition) is 2. The fraction of sp³-hybridized carbons (Fsp3) is 0.174. The molecular weight excluding hydrogens is 322 g/mol. The SMILES string of the molecule is COc1ccc([C@H](C)NC(=O)C(c2ccccc2)c2ccccc2)cc1. The second kappa shape index (κ2) is 8.34. The number of benzene rings is 3. The quantitative estimate of drug-likeness (QED) is 0.703. The second-order valence-corrected chi connectivity index (χ2v) is 6.26. The van der Waals surface area contributed by atoms with Crippen LogP contribution in [0, 0.1) is 0 Å². The molecule has 0 aliphatic heterocycles. The summed E-state index contributed by atoms with van der Waals surface area (Å²) in [7, 11) is 1.64. The standard InChI is InChI=1S/C23H23NO2/c1-17(18-13-15-21(26-2)16-14-18)24-23(25)22(19-9-5-3-6-10-19)20-11-7-4-8-12-20/h3-17,22H,1-2H3,(H,24,25)/t17-/m0/s1. The zero-order chi connectivity index (χ0) is 18.4. The molecule has 1 amide bonds. The Kier molecular flexibility index (Phi) is 5.69. The molecule has 0 heterocycles. The minimum atomic E-state index is -0.335. The highest BCUT2D eigenvalue weighted by molar-refractivity contribution is 5.87. The second-order valence-electron chi connectivity index (χ2n) is 6.26. The molecule has 26 heavy (non-hydrogen) atoms. The lowest BCUT2D eigenvalue weighted by Crippen LogP contribution is -2.32. The summed E-state index contributed by atoms with van der Waals surface area (Å²) in [5.41, 5.74) is 3.01. The molecule has 3 aromatic rings. The number of ether oxygens (including phenoxy) is 1. The molecule has 0 unspecified atom stereocenters. The summed E-state index contributed by atoms with van der Waals surface area (Å²) in [6.45, 7) is 1.99. The number of hydrogen-bond donors (Lipinski definition) is 1. The first kappa shape index (κ1) is 17.7. The van der Waals surface area contributed by atoms with E-state index in [1.165, 1.54) is 0 Å². The lowest BCUT2D eigenvalue weighted by atomic mass is 9.90. The molecule has 3 heteroatoms. The van der Waals surface area contributed by atoms with Gasteiger partial charge in [0.05, 0.1) is 19.1 Å². The van der Waals surface area contributed by atoms with E-state index in [1.807, 2.05) is 91.9 Å². The molecule has 0 radical (unpaired) electrons. The van der Waals surface area contributed by atoms with E-state index < -0.39 is 0 Å². The zero-order valence-corrected chi connectivity index (χ0v) is 15.1. The molecule has 1 N–H and O–H groups in total. The molecule has 0 saturated carbocycles. The molecule has 3 rings (SSSR count). The molecule has 0 fully saturated rings. The summed E-state index contributed by atoms with van der Waals surface area (Å²) < 4.78 is 5.20. The molecule has 3 aromatic carbocycles. The van der Waals surface area contributed by atoms with Gasteiger partial charge in [0.25, 0.3) is 0 Å². The van der Waals surface area contributed by atoms with Gasteiger partial charge in [-0.15, -0.1) is 0 Å². The van der Waals surface area contributed by atoms with Crippen LogP contribution in [0.25, 0.3) is 0 Å². The molecule has 3 nitrogen and oxygen atoms in total. The summed E-state index contributed by atoms with van der Waals surface area (Å²) in [6.07, 6.45) is 0. The monoisotopic (exact) mass is 345 g/mol. The number of carbonyl (C=O) groups is 1. The Hall–Kier alpha value is -3.07. The first-order valence-corrected chi connectivity index (χ1v) is 8.73. The maximum absolute atomic E-state index is 13.1. The predicted molar refractivity (Wildman–Crippen MR) is 104 cm³/mol. The van der Waals surface area contributed by atoms with Gasteiger partial charge in [0.15, 0.2) is 0 Å². The summed E-state index contributed by atoms with van der Waals surface area (Å²) in [6, 6.07) is 27.4. The molecule has 0 saturated heterocycles. The van der Waals surface area contributed by atoms with Gasteiger partial charge in [-0.05, 0) is 35.7 Å². The van der Waals surface area contributed by atoms with Gasteiger partial charge in [-0.2, -0.15) is 0 Å². The molecule has 0 bridgehead atoms. The minimum absolute atomic E-state index is 0.00859. The van der Waals surface area contributed by atoms with E-state index in [4.69, 9.17) is 4.74 Å². The highest BCUT2D eigenvalue weighted by Crippen LogP contribution is 2.26. The van der Waals surface area contributed by atoms with Gasteiger partial charge in [0.1, 0.15) is 5.75 Å². The van der Waals surface area contributed by atoms with E-state index in [0.717, 1.165) is 22.4 Å². The van der Waals surface area contributed by atoms with E-state index in [9.17, 15) is 4.79 Å². The highest BCUT2D eigenvalue weighted by Gasteiger charge is 2.24. The molecular formula is C23H23NO2. The average Bonchev–Trinajstić information content (AvgIpc) is 2.70. The zero-order valence-electron chi connectivity index (χ0n) is 15.1. The van der Waals surface area contributed by atoms with Crippen LogP contribution in [0.4, 0.5) is 0 Å². The summed E-state index contributed by atoms with van der Waals surface area (Å²) in [4.78, 5) is 13.1. The average molecular weight is 345 g/mol. The fourth-order valence-corrected chi connectivity index (χ4v) is 3.06. The molecule has 132 valence electrons. The molecule has 0 aromatic heterocycles. The topological polar surface area (TPSA) is 38.3 Å². The van der Waals surface area contributed by atoms with Crippen molar-refractivity contribution in [1.82, 2.24) is 5.32 Å². The Morgan fingerprint density at radius 2 is 1.27 bits per heavy atom. The van der Waals surface area contributed by atoms with Crippen LogP contribution in [-0.4, -0.2) is 13.0 Å². The maximum atomic E-state index is 13.1. The van der Waals surface area contributed by atoms with Crippen molar-refractivity contribution in [1.29, 1.82) is 0 Å². The van der Waals surface area contributed by atoms with E-state index in [1.54, 1.807) is 7.11 Å². The van der Waals surface area contributed by atoms with E-state index in [2.05, 4.69) is 5.32 Å². The highest BCUT2D eigenvalue weighted by atomic mass is 16.5. The van der Waals surface area contributed by atoms with Crippen molar-refractivity contribution in [3.8, 4) is 5.75 Å². The number of rotatable bonds is 6. The summed E-state index contributed by atoms with van der Waals surface area (Å²) >= 11 is 0. The van der Waals surface area contributed by atoms with E-state index in [-0.39, 0.29) is 17.9 Å². The molecule has 1 atom stereocenters. The number of methoxy groups -OCH3 is 1. The van der Waals surface area contributed by atoms with Gasteiger partial charge in [0, 0.05) is 0 Å². The Labute approximate surface area is 154 Å². The van der Waals surface area contributed by atoms with E-state index >= 15 is 0 Å². The van der Waals surface area contributed by atoms with Crippen LogP contribution in [0.1, 0.15) is 35.6 Å². The summed E-state index contributed by atoms with van der Waals surface area (Å²) in [5, 5.41) is 3.15. The fourth-order valence-electron chi connectivity index (χ4n) is 3.06. The first-order chi connectivity index (χ1) is 12.7. The Morgan fingerprint density at radius 3 is 1.73 bits per heavy atom. The Bertz CT molecular complexity index is 790. The third-order valence-electron chi connectivity index (χ3n) is 4.50. The van der Waals surface area contributed by atoms with Crippen LogP contribution < -0.4 is 10.1 Å². The van der Waals surface area contributed by atoms with Gasteiger partial charge in [0.2, 0.25) is 5.91 Å². The lowest BCUT2D eigenvalue weighted by molar-refractivity contribution is -0.122. The largest absolute Gasteiger partial charge is 0.497 e. The van der Waals surface area contributed by atoms with Crippen molar-refractivity contribution in [3.05, 3.63) is 102 Å². The number of amides is 1. The smallest absolute Gasteiger partial charge is 0.232 e. The number of carbonyl (C=O) groups excluding carboxylic acids is 1. The van der Waals surface area contributed by atoms with Crippen molar-refractivity contribution in [2.24, 2.45) is 0 Å². The van der Waals surface area contributed by atoms with Crippen molar-refractivity contribution in [2.45, 2.75) is 18.9 Å². The van der Waals surface area contributed by atoms with Crippen LogP contribution >= 0.6 is 0 Å². The first-order valence-electron chi connectivity index (χ1n) is 8.73. The lowest BCUT2D eigenvalue weighted by Gasteiger charge is -2.21. The normalized spacial score (nSPS) is 11.8. The van der Waals surface area contributed by atoms with Crippen LogP contribution in [0.15, 0.2) is 84.9 Å². The predicted octanol–water partition coefficient (Wildman–Crippen LogP) is 4.70. The van der Waals surface area contributed by atoms with Crippen molar-refractivity contribution in [2.75, 3.05) is 7.11 Å². The van der Waals surface area contributed by atoms with Gasteiger partial charge < -0.3 is 10.1 Å². The van der Waals surface area contributed by atoms with Gasteiger partial charge in [-0.1, -0.05) is 72.8 Å².